The Morgan fingerprint density at radius 2 is 1.17 bits per heavy atom. The lowest BCUT2D eigenvalue weighted by Crippen LogP contribution is -2.13. The van der Waals surface area contributed by atoms with Gasteiger partial charge in [-0.05, 0) is 44.4 Å². The topological polar surface area (TPSA) is 26.3 Å². The van der Waals surface area contributed by atoms with E-state index in [0.29, 0.717) is 18.9 Å². The molecule has 0 aliphatic carbocycles. The standard InChI is InChI=1S/C28H54O2/c1-4-7-9-10-11-12-13-14-15-16-17-18-19-20-21-22-23-25-28(29)30-26-27(6-3)24-8-5-2/h16-17,27H,4-15,18-26H2,1-3H3/b17-16-. The highest BCUT2D eigenvalue weighted by atomic mass is 16.5. The Balaban J connectivity index is 3.33. The number of ether oxygens (including phenoxy) is 1. The van der Waals surface area contributed by atoms with Crippen LogP contribution in [0.2, 0.25) is 0 Å². The molecule has 0 amide bonds. The van der Waals surface area contributed by atoms with Gasteiger partial charge in [-0.2, -0.15) is 0 Å². The van der Waals surface area contributed by atoms with Crippen LogP contribution in [-0.2, 0) is 9.53 Å². The minimum atomic E-state index is 0.00819. The fourth-order valence-electron chi connectivity index (χ4n) is 3.87. The second kappa shape index (κ2) is 24.5. The van der Waals surface area contributed by atoms with Gasteiger partial charge in [-0.25, -0.2) is 0 Å². The van der Waals surface area contributed by atoms with E-state index in [1.165, 1.54) is 103 Å². The van der Waals surface area contributed by atoms with Gasteiger partial charge < -0.3 is 4.74 Å². The van der Waals surface area contributed by atoms with Crippen LogP contribution in [-0.4, -0.2) is 12.6 Å². The smallest absolute Gasteiger partial charge is 0.305 e. The molecule has 0 saturated heterocycles. The number of hydrogen-bond donors (Lipinski definition) is 0. The molecule has 1 unspecified atom stereocenters. The Morgan fingerprint density at radius 3 is 1.70 bits per heavy atom. The van der Waals surface area contributed by atoms with E-state index in [1.54, 1.807) is 0 Å². The van der Waals surface area contributed by atoms with Gasteiger partial charge in [0.25, 0.3) is 0 Å². The Kier molecular flexibility index (Phi) is 23.8. The summed E-state index contributed by atoms with van der Waals surface area (Å²) in [6.45, 7) is 7.32. The summed E-state index contributed by atoms with van der Waals surface area (Å²) in [6, 6.07) is 0. The van der Waals surface area contributed by atoms with Crippen molar-refractivity contribution in [1.29, 1.82) is 0 Å². The zero-order chi connectivity index (χ0) is 22.1. The van der Waals surface area contributed by atoms with E-state index in [1.807, 2.05) is 0 Å². The number of allylic oxidation sites excluding steroid dienone is 2. The van der Waals surface area contributed by atoms with Crippen molar-refractivity contribution >= 4 is 5.97 Å². The number of carbonyl (C=O) groups is 1. The fourth-order valence-corrected chi connectivity index (χ4v) is 3.87. The first-order valence-electron chi connectivity index (χ1n) is 13.5. The van der Waals surface area contributed by atoms with Crippen LogP contribution in [0.5, 0.6) is 0 Å². The highest BCUT2D eigenvalue weighted by molar-refractivity contribution is 5.69. The molecule has 0 aliphatic rings. The van der Waals surface area contributed by atoms with Crippen molar-refractivity contribution < 1.29 is 9.53 Å². The molecule has 0 radical (unpaired) electrons. The van der Waals surface area contributed by atoms with Gasteiger partial charge in [-0.1, -0.05) is 116 Å². The number of carbonyl (C=O) groups excluding carboxylic acids is 1. The zero-order valence-electron chi connectivity index (χ0n) is 20.9. The molecule has 2 nitrogen and oxygen atoms in total. The van der Waals surface area contributed by atoms with Crippen molar-refractivity contribution in [2.75, 3.05) is 6.61 Å². The van der Waals surface area contributed by atoms with E-state index in [2.05, 4.69) is 32.9 Å². The molecule has 0 aromatic heterocycles. The van der Waals surface area contributed by atoms with E-state index >= 15 is 0 Å². The molecule has 0 spiro atoms. The maximum Gasteiger partial charge on any atom is 0.305 e. The third kappa shape index (κ3) is 21.9. The second-order valence-electron chi connectivity index (χ2n) is 9.14. The summed E-state index contributed by atoms with van der Waals surface area (Å²) >= 11 is 0. The number of unbranched alkanes of at least 4 members (excludes halogenated alkanes) is 14. The summed E-state index contributed by atoms with van der Waals surface area (Å²) in [5, 5.41) is 0. The highest BCUT2D eigenvalue weighted by Crippen LogP contribution is 2.14. The van der Waals surface area contributed by atoms with Crippen LogP contribution in [0.25, 0.3) is 0 Å². The Bertz CT molecular complexity index is 375. The molecule has 0 aliphatic heterocycles. The number of esters is 1. The van der Waals surface area contributed by atoms with E-state index in [-0.39, 0.29) is 5.97 Å². The Morgan fingerprint density at radius 1 is 0.667 bits per heavy atom. The van der Waals surface area contributed by atoms with Crippen LogP contribution in [0.3, 0.4) is 0 Å². The quantitative estimate of drug-likeness (QED) is 0.0930. The number of rotatable bonds is 23. The van der Waals surface area contributed by atoms with Crippen LogP contribution >= 0.6 is 0 Å². The molecular weight excluding hydrogens is 368 g/mol. The van der Waals surface area contributed by atoms with Crippen LogP contribution in [0, 0.1) is 5.92 Å². The maximum absolute atomic E-state index is 11.9. The second-order valence-corrected chi connectivity index (χ2v) is 9.14. The normalized spacial score (nSPS) is 12.5. The van der Waals surface area contributed by atoms with Crippen molar-refractivity contribution in [3.05, 3.63) is 12.2 Å². The Labute approximate surface area is 189 Å². The van der Waals surface area contributed by atoms with Crippen molar-refractivity contribution in [3.63, 3.8) is 0 Å². The molecule has 0 bridgehead atoms. The van der Waals surface area contributed by atoms with Gasteiger partial charge in [0.05, 0.1) is 6.61 Å². The monoisotopic (exact) mass is 422 g/mol. The predicted molar refractivity (Wildman–Crippen MR) is 133 cm³/mol. The van der Waals surface area contributed by atoms with Crippen LogP contribution in [0.15, 0.2) is 12.2 Å². The molecule has 30 heavy (non-hydrogen) atoms. The molecule has 0 heterocycles. The molecule has 0 N–H and O–H groups in total. The lowest BCUT2D eigenvalue weighted by molar-refractivity contribution is -0.145. The van der Waals surface area contributed by atoms with E-state index < -0.39 is 0 Å². The molecule has 178 valence electrons. The predicted octanol–water partition coefficient (Wildman–Crippen LogP) is 9.56. The van der Waals surface area contributed by atoms with Gasteiger partial charge in [-0.3, -0.25) is 4.79 Å². The first-order chi connectivity index (χ1) is 14.7. The van der Waals surface area contributed by atoms with Gasteiger partial charge >= 0.3 is 5.97 Å². The SMILES string of the molecule is CCCCCCCCCC/C=C\CCCCCCCC(=O)OCC(CC)CCCC. The maximum atomic E-state index is 11.9. The minimum Gasteiger partial charge on any atom is -0.465 e. The Hall–Kier alpha value is -0.790. The van der Waals surface area contributed by atoms with Gasteiger partial charge in [0.15, 0.2) is 0 Å². The minimum absolute atomic E-state index is 0.00819. The van der Waals surface area contributed by atoms with Gasteiger partial charge in [0.1, 0.15) is 0 Å². The zero-order valence-corrected chi connectivity index (χ0v) is 20.9. The van der Waals surface area contributed by atoms with Gasteiger partial charge in [0.2, 0.25) is 0 Å². The molecule has 0 rings (SSSR count). The van der Waals surface area contributed by atoms with Crippen LogP contribution in [0.4, 0.5) is 0 Å². The third-order valence-corrected chi connectivity index (χ3v) is 6.17. The van der Waals surface area contributed by atoms with Crippen molar-refractivity contribution in [2.24, 2.45) is 5.92 Å². The average Bonchev–Trinajstić information content (AvgIpc) is 2.76. The summed E-state index contributed by atoms with van der Waals surface area (Å²) in [5.74, 6) is 0.561. The molecule has 0 aromatic carbocycles. The van der Waals surface area contributed by atoms with E-state index in [4.69, 9.17) is 4.74 Å². The summed E-state index contributed by atoms with van der Waals surface area (Å²) in [4.78, 5) is 11.9. The van der Waals surface area contributed by atoms with Crippen molar-refractivity contribution in [3.8, 4) is 0 Å². The van der Waals surface area contributed by atoms with Gasteiger partial charge in [0, 0.05) is 6.42 Å². The van der Waals surface area contributed by atoms with Gasteiger partial charge in [-0.15, -0.1) is 0 Å². The van der Waals surface area contributed by atoms with Crippen LogP contribution in [0.1, 0.15) is 149 Å². The fraction of sp³-hybridized carbons (Fsp3) is 0.893. The number of hydrogen-bond acceptors (Lipinski definition) is 2. The lowest BCUT2D eigenvalue weighted by atomic mass is 10.0. The summed E-state index contributed by atoms with van der Waals surface area (Å²) in [6.07, 6.45) is 29.8. The first kappa shape index (κ1) is 29.2. The third-order valence-electron chi connectivity index (χ3n) is 6.17. The molecule has 2 heteroatoms. The van der Waals surface area contributed by atoms with Crippen molar-refractivity contribution in [2.45, 2.75) is 149 Å². The van der Waals surface area contributed by atoms with Crippen molar-refractivity contribution in [1.82, 2.24) is 0 Å². The largest absolute Gasteiger partial charge is 0.465 e. The molecular formula is C28H54O2. The molecule has 0 aromatic rings. The summed E-state index contributed by atoms with van der Waals surface area (Å²) < 4.78 is 5.47. The molecule has 1 atom stereocenters. The summed E-state index contributed by atoms with van der Waals surface area (Å²) in [5.41, 5.74) is 0. The molecule has 0 saturated carbocycles. The van der Waals surface area contributed by atoms with Crippen LogP contribution < -0.4 is 0 Å². The first-order valence-corrected chi connectivity index (χ1v) is 13.5. The molecule has 0 fully saturated rings. The lowest BCUT2D eigenvalue weighted by Gasteiger charge is -2.14. The summed E-state index contributed by atoms with van der Waals surface area (Å²) in [7, 11) is 0. The average molecular weight is 423 g/mol. The van der Waals surface area contributed by atoms with E-state index in [0.717, 1.165) is 19.3 Å². The van der Waals surface area contributed by atoms with E-state index in [9.17, 15) is 4.79 Å². The highest BCUT2D eigenvalue weighted by Gasteiger charge is 2.09.